The minimum absolute atomic E-state index is 0.0616. The average Bonchev–Trinajstić information content (AvgIpc) is 3.21. The van der Waals surface area contributed by atoms with Gasteiger partial charge in [0, 0.05) is 0 Å². The van der Waals surface area contributed by atoms with E-state index in [-0.39, 0.29) is 13.7 Å². The van der Waals surface area contributed by atoms with Gasteiger partial charge in [-0.25, -0.2) is 0 Å². The fraction of sp³-hybridized carbons (Fsp3) is 0.667. The molecule has 2 saturated carbocycles. The summed E-state index contributed by atoms with van der Waals surface area (Å²) in [6.45, 7) is 0. The van der Waals surface area contributed by atoms with Crippen molar-refractivity contribution in [3.05, 3.63) is 24.3 Å². The van der Waals surface area contributed by atoms with Gasteiger partial charge < -0.3 is 4.74 Å². The van der Waals surface area contributed by atoms with Crippen LogP contribution in [-0.4, -0.2) is 22.0 Å². The van der Waals surface area contributed by atoms with Crippen molar-refractivity contribution >= 4 is 24.8 Å². The molecule has 0 aromatic heterocycles. The maximum Gasteiger partial charge on any atom is 0.573 e. The molecular weight excluding hydrogens is 462 g/mol. The number of rotatable bonds is 4. The van der Waals surface area contributed by atoms with Crippen molar-refractivity contribution in [3.8, 4) is 5.75 Å². The third kappa shape index (κ3) is 7.02. The van der Waals surface area contributed by atoms with Crippen LogP contribution in [0.25, 0.3) is 0 Å². The zero-order chi connectivity index (χ0) is 18.3. The fourth-order valence-corrected chi connectivity index (χ4v) is 7.74. The Hall–Kier alpha value is 0.192. The standard InChI is InChI=1S/C17H22F3OP.CH2Cl.Pd/c18-17(19,20)21-13-6-5-11-16(12-13)22(14-7-1-2-8-14)15-9-3-4-10-15;1-2;/h5-6,11-12,14-15H,1-4,7-10H2;1H2;. The van der Waals surface area contributed by atoms with Crippen LogP contribution in [0.2, 0.25) is 0 Å². The van der Waals surface area contributed by atoms with Gasteiger partial charge in [-0.15, -0.1) is 13.2 Å². The molecule has 2 fully saturated rings. The summed E-state index contributed by atoms with van der Waals surface area (Å²) in [6, 6.07) is 6.80. The Morgan fingerprint density at radius 3 is 1.96 bits per heavy atom. The molecule has 0 amide bonds. The van der Waals surface area contributed by atoms with E-state index < -0.39 is 6.36 Å². The zero-order valence-corrected chi connectivity index (χ0v) is 17.2. The summed E-state index contributed by atoms with van der Waals surface area (Å²) in [5, 5.41) is 1.11. The number of benzene rings is 1. The molecule has 0 saturated heterocycles. The molecule has 1 nitrogen and oxygen atoms in total. The van der Waals surface area contributed by atoms with Crippen molar-refractivity contribution in [2.75, 3.05) is 4.35 Å². The fourth-order valence-electron chi connectivity index (χ4n) is 3.93. The van der Waals surface area contributed by atoms with E-state index in [0.717, 1.165) is 5.30 Å². The molecule has 0 unspecified atom stereocenters. The van der Waals surface area contributed by atoms with E-state index in [4.69, 9.17) is 11.6 Å². The third-order valence-electron chi connectivity index (χ3n) is 4.79. The first-order chi connectivity index (χ1) is 11.9. The SMILES string of the molecule is Cl[CH2][Pd].FC(F)(F)Oc1cccc(P(C2CCCC2)C2CCCC2)c1. The van der Waals surface area contributed by atoms with Gasteiger partial charge in [0.05, 0.1) is 0 Å². The summed E-state index contributed by atoms with van der Waals surface area (Å²) in [5.74, 6) is -0.0616. The predicted molar refractivity (Wildman–Crippen MR) is 94.9 cm³/mol. The second-order valence-electron chi connectivity index (χ2n) is 6.41. The summed E-state index contributed by atoms with van der Waals surface area (Å²) in [6.07, 6.45) is 5.45. The molecule has 2 aliphatic rings. The van der Waals surface area contributed by atoms with Crippen LogP contribution in [0, 0.1) is 0 Å². The van der Waals surface area contributed by atoms with Gasteiger partial charge in [-0.05, 0) is 54.4 Å². The van der Waals surface area contributed by atoms with E-state index in [1.54, 1.807) is 12.1 Å². The second kappa shape index (κ2) is 10.5. The summed E-state index contributed by atoms with van der Waals surface area (Å²) < 4.78 is 42.1. The molecule has 0 heterocycles. The van der Waals surface area contributed by atoms with Crippen molar-refractivity contribution < 1.29 is 37.1 Å². The molecule has 1 aromatic carbocycles. The van der Waals surface area contributed by atoms with Crippen LogP contribution in [-0.2, 0) is 19.2 Å². The molecule has 7 heteroatoms. The molecule has 1 aromatic rings. The van der Waals surface area contributed by atoms with Crippen LogP contribution in [0.1, 0.15) is 51.4 Å². The third-order valence-corrected chi connectivity index (χ3v) is 8.27. The van der Waals surface area contributed by atoms with Crippen LogP contribution in [0.15, 0.2) is 24.3 Å². The Bertz CT molecular complexity index is 501. The number of hydrogen-bond donors (Lipinski definition) is 0. The zero-order valence-electron chi connectivity index (χ0n) is 14.0. The minimum atomic E-state index is -4.61. The van der Waals surface area contributed by atoms with Gasteiger partial charge in [-0.2, -0.15) is 0 Å². The molecule has 25 heavy (non-hydrogen) atoms. The Morgan fingerprint density at radius 1 is 1.04 bits per heavy atom. The van der Waals surface area contributed by atoms with Gasteiger partial charge in [0.15, 0.2) is 0 Å². The average molecular weight is 486 g/mol. The number of halogens is 4. The summed E-state index contributed by atoms with van der Waals surface area (Å²) in [5.41, 5.74) is 1.39. The van der Waals surface area contributed by atoms with Gasteiger partial charge in [-0.1, -0.05) is 45.7 Å². The van der Waals surface area contributed by atoms with Gasteiger partial charge in [0.2, 0.25) is 0 Å². The van der Waals surface area contributed by atoms with Gasteiger partial charge in [0.25, 0.3) is 0 Å². The monoisotopic (exact) mass is 485 g/mol. The van der Waals surface area contributed by atoms with Crippen LogP contribution in [0.4, 0.5) is 13.2 Å². The molecule has 2 aliphatic carbocycles. The molecule has 0 bridgehead atoms. The van der Waals surface area contributed by atoms with Gasteiger partial charge in [-0.3, -0.25) is 0 Å². The van der Waals surface area contributed by atoms with Crippen LogP contribution < -0.4 is 10.0 Å². The maximum absolute atomic E-state index is 12.5. The minimum Gasteiger partial charge on any atom is -0.406 e. The largest absolute Gasteiger partial charge is 0.573 e. The summed E-state index contributed by atoms with van der Waals surface area (Å²) >= 11 is 7.64. The number of ether oxygens (including phenoxy) is 1. The van der Waals surface area contributed by atoms with Crippen LogP contribution in [0.5, 0.6) is 5.75 Å². The van der Waals surface area contributed by atoms with Crippen molar-refractivity contribution in [1.82, 2.24) is 0 Å². The topological polar surface area (TPSA) is 9.23 Å². The van der Waals surface area contributed by atoms with Crippen LogP contribution >= 0.6 is 19.5 Å². The Balaban J connectivity index is 0.000000701. The first-order valence-corrected chi connectivity index (χ1v) is 11.8. The molecule has 145 valence electrons. The maximum atomic E-state index is 12.5. The number of alkyl halides is 4. The summed E-state index contributed by atoms with van der Waals surface area (Å²) in [7, 11) is -0.363. The van der Waals surface area contributed by atoms with E-state index in [1.165, 1.54) is 57.4 Å². The second-order valence-corrected chi connectivity index (χ2v) is 10.6. The molecule has 0 N–H and O–H groups in total. The quantitative estimate of drug-likeness (QED) is 0.276. The van der Waals surface area contributed by atoms with E-state index in [1.807, 2.05) is 6.07 Å². The molecule has 0 atom stereocenters. The molecule has 0 spiro atoms. The number of hydrogen-bond acceptors (Lipinski definition) is 1. The molecule has 0 aliphatic heterocycles. The van der Waals surface area contributed by atoms with E-state index in [0.29, 0.717) is 15.7 Å². The van der Waals surface area contributed by atoms with Crippen molar-refractivity contribution in [3.63, 3.8) is 0 Å². The Kier molecular flexibility index (Phi) is 9.03. The van der Waals surface area contributed by atoms with Gasteiger partial charge >= 0.3 is 41.5 Å². The molecule has 3 rings (SSSR count). The van der Waals surface area contributed by atoms with Gasteiger partial charge in [0.1, 0.15) is 5.75 Å². The summed E-state index contributed by atoms with van der Waals surface area (Å²) in [4.78, 5) is 0. The van der Waals surface area contributed by atoms with Crippen molar-refractivity contribution in [1.29, 1.82) is 0 Å². The van der Waals surface area contributed by atoms with Crippen molar-refractivity contribution in [2.45, 2.75) is 69.0 Å². The van der Waals surface area contributed by atoms with E-state index >= 15 is 0 Å². The predicted octanol–water partition coefficient (Wildman–Crippen LogP) is 6.31. The molecule has 0 radical (unpaired) electrons. The first kappa shape index (κ1) is 21.5. The first-order valence-electron chi connectivity index (χ1n) is 8.66. The normalized spacial score (nSPS) is 19.2. The Morgan fingerprint density at radius 2 is 1.52 bits per heavy atom. The van der Waals surface area contributed by atoms with E-state index in [2.05, 4.69) is 23.9 Å². The van der Waals surface area contributed by atoms with Crippen molar-refractivity contribution in [2.24, 2.45) is 0 Å². The molecular formula is C18H24ClF3OPPd. The van der Waals surface area contributed by atoms with Crippen LogP contribution in [0.3, 0.4) is 0 Å². The smallest absolute Gasteiger partial charge is 0.406 e. The Labute approximate surface area is 165 Å². The van der Waals surface area contributed by atoms with E-state index in [9.17, 15) is 13.2 Å².